The molecule has 1 aromatic heterocycles. The van der Waals surface area contributed by atoms with Crippen LogP contribution < -0.4 is 0 Å². The Morgan fingerprint density at radius 1 is 1.50 bits per heavy atom. The van der Waals surface area contributed by atoms with E-state index in [4.69, 9.17) is 27.6 Å². The number of benzene rings is 1. The lowest BCUT2D eigenvalue weighted by Gasteiger charge is -1.92. The van der Waals surface area contributed by atoms with Crippen LogP contribution >= 0.6 is 23.2 Å². The van der Waals surface area contributed by atoms with Crippen LogP contribution in [0.5, 0.6) is 0 Å². The summed E-state index contributed by atoms with van der Waals surface area (Å²) >= 11 is 10.9. The second-order valence-electron chi connectivity index (χ2n) is 2.69. The molecule has 1 aromatic carbocycles. The highest BCUT2D eigenvalue weighted by Crippen LogP contribution is 2.21. The van der Waals surface area contributed by atoms with Crippen molar-refractivity contribution in [2.75, 3.05) is 0 Å². The van der Waals surface area contributed by atoms with Gasteiger partial charge in [-0.05, 0) is 23.2 Å². The highest BCUT2D eigenvalue weighted by molar-refractivity contribution is 6.67. The lowest BCUT2D eigenvalue weighted by atomic mass is 10.2. The van der Waals surface area contributed by atoms with Crippen LogP contribution in [0.4, 0.5) is 0 Å². The van der Waals surface area contributed by atoms with Crippen molar-refractivity contribution in [2.24, 2.45) is 0 Å². The second kappa shape index (κ2) is 3.59. The van der Waals surface area contributed by atoms with E-state index in [1.807, 2.05) is 6.07 Å². The molecule has 72 valence electrons. The van der Waals surface area contributed by atoms with Crippen LogP contribution in [0.1, 0.15) is 16.2 Å². The van der Waals surface area contributed by atoms with Crippen molar-refractivity contribution in [1.82, 2.24) is 4.98 Å². The molecule has 0 aliphatic heterocycles. The summed E-state index contributed by atoms with van der Waals surface area (Å²) in [5.74, 6) is 0.221. The van der Waals surface area contributed by atoms with Crippen molar-refractivity contribution in [1.29, 1.82) is 0 Å². The number of halogens is 2. The molecular weight excluding hydrogens is 225 g/mol. The lowest BCUT2D eigenvalue weighted by Crippen LogP contribution is -1.87. The Morgan fingerprint density at radius 2 is 2.29 bits per heavy atom. The maximum Gasteiger partial charge on any atom is 0.307 e. The van der Waals surface area contributed by atoms with Crippen LogP contribution in [0.2, 0.25) is 0 Å². The molecule has 3 nitrogen and oxygen atoms in total. The quantitative estimate of drug-likeness (QED) is 0.588. The average molecular weight is 230 g/mol. The molecule has 0 aliphatic carbocycles. The smallest absolute Gasteiger partial charge is 0.307 e. The third kappa shape index (κ3) is 1.49. The fraction of sp³-hybridized carbons (Fsp3) is 0.111. The average Bonchev–Trinajstić information content (AvgIpc) is 2.60. The molecule has 0 N–H and O–H groups in total. The molecule has 2 rings (SSSR count). The van der Waals surface area contributed by atoms with Gasteiger partial charge in [-0.3, -0.25) is 4.79 Å². The van der Waals surface area contributed by atoms with E-state index in [1.54, 1.807) is 12.1 Å². The van der Waals surface area contributed by atoms with Crippen LogP contribution in [-0.4, -0.2) is 10.2 Å². The molecule has 5 heteroatoms. The van der Waals surface area contributed by atoms with Crippen LogP contribution in [0.3, 0.4) is 0 Å². The van der Waals surface area contributed by atoms with Gasteiger partial charge in [-0.15, -0.1) is 11.6 Å². The van der Waals surface area contributed by atoms with E-state index >= 15 is 0 Å². The fourth-order valence-corrected chi connectivity index (χ4v) is 1.49. The van der Waals surface area contributed by atoms with E-state index in [2.05, 4.69) is 4.98 Å². The summed E-state index contributed by atoms with van der Waals surface area (Å²) in [5, 5.41) is -0.707. The predicted molar refractivity (Wildman–Crippen MR) is 53.7 cm³/mol. The van der Waals surface area contributed by atoms with E-state index in [1.165, 1.54) is 0 Å². The van der Waals surface area contributed by atoms with Gasteiger partial charge in [0.2, 0.25) is 0 Å². The number of para-hydroxylation sites is 1. The molecule has 0 aliphatic rings. The van der Waals surface area contributed by atoms with Gasteiger partial charge in [-0.25, -0.2) is 4.98 Å². The van der Waals surface area contributed by atoms with Gasteiger partial charge in [0, 0.05) is 5.88 Å². The molecule has 14 heavy (non-hydrogen) atoms. The molecule has 0 spiro atoms. The number of oxazole rings is 1. The van der Waals surface area contributed by atoms with E-state index < -0.39 is 5.24 Å². The first kappa shape index (κ1) is 9.49. The zero-order valence-electron chi connectivity index (χ0n) is 6.96. The van der Waals surface area contributed by atoms with Gasteiger partial charge in [0.05, 0.1) is 0 Å². The minimum Gasteiger partial charge on any atom is -0.433 e. The van der Waals surface area contributed by atoms with Gasteiger partial charge in [-0.1, -0.05) is 12.1 Å². The molecule has 0 amide bonds. The summed E-state index contributed by atoms with van der Waals surface area (Å²) in [4.78, 5) is 14.7. The first-order chi connectivity index (χ1) is 6.72. The predicted octanol–water partition coefficient (Wildman–Crippen LogP) is 2.95. The van der Waals surface area contributed by atoms with E-state index in [0.29, 0.717) is 17.0 Å². The van der Waals surface area contributed by atoms with E-state index in [0.717, 1.165) is 5.56 Å². The second-order valence-corrected chi connectivity index (χ2v) is 3.30. The highest BCUT2D eigenvalue weighted by atomic mass is 35.5. The molecule has 0 bridgehead atoms. The summed E-state index contributed by atoms with van der Waals surface area (Å²) < 4.78 is 5.12. The number of hydrogen-bond acceptors (Lipinski definition) is 3. The Bertz CT molecular complexity index is 493. The third-order valence-electron chi connectivity index (χ3n) is 1.81. The molecule has 0 unspecified atom stereocenters. The Labute approximate surface area is 89.6 Å². The van der Waals surface area contributed by atoms with Crippen LogP contribution in [0.15, 0.2) is 22.6 Å². The van der Waals surface area contributed by atoms with Gasteiger partial charge < -0.3 is 4.42 Å². The van der Waals surface area contributed by atoms with Crippen LogP contribution in [0.25, 0.3) is 11.1 Å². The number of carbonyl (C=O) groups is 1. The summed E-state index contributed by atoms with van der Waals surface area (Å²) in [6.45, 7) is 0. The molecule has 0 fully saturated rings. The zero-order chi connectivity index (χ0) is 10.1. The maximum absolute atomic E-state index is 10.8. The first-order valence-electron chi connectivity index (χ1n) is 3.86. The first-order valence-corrected chi connectivity index (χ1v) is 4.78. The SMILES string of the molecule is O=C(Cl)c1nc2c(CCl)cccc2o1. The fourth-order valence-electron chi connectivity index (χ4n) is 1.20. The van der Waals surface area contributed by atoms with Crippen molar-refractivity contribution >= 4 is 39.5 Å². The minimum atomic E-state index is -0.707. The Morgan fingerprint density at radius 3 is 2.93 bits per heavy atom. The minimum absolute atomic E-state index is 0.0979. The molecule has 0 atom stereocenters. The number of fused-ring (bicyclic) bond motifs is 1. The summed E-state index contributed by atoms with van der Waals surface area (Å²) in [6, 6.07) is 5.32. The molecule has 0 saturated carbocycles. The summed E-state index contributed by atoms with van der Waals surface area (Å²) in [7, 11) is 0. The summed E-state index contributed by atoms with van der Waals surface area (Å²) in [6.07, 6.45) is 0. The molecule has 2 aromatic rings. The maximum atomic E-state index is 10.8. The van der Waals surface area contributed by atoms with E-state index in [9.17, 15) is 4.79 Å². The van der Waals surface area contributed by atoms with Crippen molar-refractivity contribution in [2.45, 2.75) is 5.88 Å². The Hall–Kier alpha value is -1.06. The topological polar surface area (TPSA) is 43.1 Å². The monoisotopic (exact) mass is 229 g/mol. The largest absolute Gasteiger partial charge is 0.433 e. The lowest BCUT2D eigenvalue weighted by molar-refractivity contribution is 0.105. The summed E-state index contributed by atoms with van der Waals surface area (Å²) in [5.41, 5.74) is 1.93. The Kier molecular flexibility index (Phi) is 2.44. The third-order valence-corrected chi connectivity index (χ3v) is 2.26. The number of alkyl halides is 1. The molecule has 1 heterocycles. The number of carbonyl (C=O) groups excluding carboxylic acids is 1. The van der Waals surface area contributed by atoms with Crippen LogP contribution in [0, 0.1) is 0 Å². The standard InChI is InChI=1S/C9H5Cl2NO2/c10-4-5-2-1-3-6-7(5)12-9(14-6)8(11)13/h1-3H,4H2. The van der Waals surface area contributed by atoms with Gasteiger partial charge >= 0.3 is 5.24 Å². The number of hydrogen-bond donors (Lipinski definition) is 0. The molecule has 0 saturated heterocycles. The van der Waals surface area contributed by atoms with Crippen molar-refractivity contribution in [3.05, 3.63) is 29.7 Å². The van der Waals surface area contributed by atoms with Gasteiger partial charge in [0.15, 0.2) is 5.58 Å². The number of aromatic nitrogens is 1. The number of nitrogens with zero attached hydrogens (tertiary/aromatic N) is 1. The highest BCUT2D eigenvalue weighted by Gasteiger charge is 2.13. The van der Waals surface area contributed by atoms with Crippen molar-refractivity contribution in [3.8, 4) is 0 Å². The Balaban J connectivity index is 2.70. The van der Waals surface area contributed by atoms with Crippen molar-refractivity contribution in [3.63, 3.8) is 0 Å². The number of rotatable bonds is 2. The zero-order valence-corrected chi connectivity index (χ0v) is 8.47. The van der Waals surface area contributed by atoms with Gasteiger partial charge in [0.25, 0.3) is 5.89 Å². The molecule has 0 radical (unpaired) electrons. The normalized spacial score (nSPS) is 10.7. The van der Waals surface area contributed by atoms with E-state index in [-0.39, 0.29) is 5.89 Å². The van der Waals surface area contributed by atoms with Gasteiger partial charge in [0.1, 0.15) is 5.52 Å². The van der Waals surface area contributed by atoms with Crippen LogP contribution in [-0.2, 0) is 5.88 Å². The van der Waals surface area contributed by atoms with Crippen molar-refractivity contribution < 1.29 is 9.21 Å². The van der Waals surface area contributed by atoms with Gasteiger partial charge in [-0.2, -0.15) is 0 Å². The molecular formula is C9H5Cl2NO2.